The third kappa shape index (κ3) is 5.97. The van der Waals surface area contributed by atoms with E-state index in [2.05, 4.69) is 20.4 Å². The number of nitrogens with one attached hydrogen (secondary N) is 2. The summed E-state index contributed by atoms with van der Waals surface area (Å²) in [6.45, 7) is 3.41. The summed E-state index contributed by atoms with van der Waals surface area (Å²) >= 11 is 5.90. The van der Waals surface area contributed by atoms with Crippen molar-refractivity contribution in [2.75, 3.05) is 50.5 Å². The van der Waals surface area contributed by atoms with Crippen LogP contribution in [0.25, 0.3) is 0 Å². The lowest BCUT2D eigenvalue weighted by Gasteiger charge is -2.22. The van der Waals surface area contributed by atoms with E-state index < -0.39 is 0 Å². The van der Waals surface area contributed by atoms with Crippen LogP contribution in [0.1, 0.15) is 40.0 Å². The highest BCUT2D eigenvalue weighted by atomic mass is 35.5. The monoisotopic (exact) mass is 428 g/mol. The second kappa shape index (κ2) is 10.5. The Bertz CT molecular complexity index is 877. The molecule has 0 atom stereocenters. The molecule has 3 rings (SSSR count). The number of amides is 2. The first-order valence-electron chi connectivity index (χ1n) is 10.3. The Balaban J connectivity index is 1.76. The molecule has 0 aliphatic carbocycles. The van der Waals surface area contributed by atoms with E-state index in [1.54, 1.807) is 30.3 Å². The number of rotatable bonds is 8. The maximum atomic E-state index is 12.9. The van der Waals surface area contributed by atoms with Crippen LogP contribution in [0.3, 0.4) is 0 Å². The Kier molecular flexibility index (Phi) is 7.71. The van der Waals surface area contributed by atoms with Gasteiger partial charge >= 0.3 is 0 Å². The maximum absolute atomic E-state index is 12.9. The minimum atomic E-state index is -0.238. The van der Waals surface area contributed by atoms with Gasteiger partial charge in [-0.25, -0.2) is 0 Å². The number of anilines is 2. The lowest BCUT2D eigenvalue weighted by molar-refractivity contribution is 0.0951. The fourth-order valence-corrected chi connectivity index (χ4v) is 3.65. The first-order chi connectivity index (χ1) is 14.4. The van der Waals surface area contributed by atoms with Crippen molar-refractivity contribution in [3.05, 3.63) is 58.6 Å². The molecule has 0 radical (unpaired) electrons. The van der Waals surface area contributed by atoms with E-state index >= 15 is 0 Å². The third-order valence-corrected chi connectivity index (χ3v) is 5.37. The molecule has 2 amide bonds. The topological polar surface area (TPSA) is 64.7 Å². The first kappa shape index (κ1) is 22.1. The summed E-state index contributed by atoms with van der Waals surface area (Å²) in [4.78, 5) is 29.8. The molecule has 0 aromatic heterocycles. The van der Waals surface area contributed by atoms with Crippen LogP contribution in [0.15, 0.2) is 42.5 Å². The van der Waals surface area contributed by atoms with Gasteiger partial charge in [0.2, 0.25) is 0 Å². The molecule has 0 unspecified atom stereocenters. The molecule has 2 aromatic carbocycles. The molecule has 1 heterocycles. The summed E-state index contributed by atoms with van der Waals surface area (Å²) in [6, 6.07) is 12.3. The van der Waals surface area contributed by atoms with E-state index in [9.17, 15) is 9.59 Å². The van der Waals surface area contributed by atoms with Crippen molar-refractivity contribution in [2.24, 2.45) is 0 Å². The van der Waals surface area contributed by atoms with Crippen LogP contribution in [-0.4, -0.2) is 57.0 Å². The van der Waals surface area contributed by atoms with Gasteiger partial charge in [-0.05, 0) is 82.4 Å². The molecular weight excluding hydrogens is 400 g/mol. The highest BCUT2D eigenvalue weighted by molar-refractivity contribution is 6.30. The van der Waals surface area contributed by atoms with Gasteiger partial charge in [0.25, 0.3) is 11.8 Å². The third-order valence-electron chi connectivity index (χ3n) is 5.12. The smallest absolute Gasteiger partial charge is 0.255 e. The summed E-state index contributed by atoms with van der Waals surface area (Å²) in [5.74, 6) is -0.351. The Morgan fingerprint density at radius 3 is 2.40 bits per heavy atom. The summed E-state index contributed by atoms with van der Waals surface area (Å²) in [6.07, 6.45) is 3.13. The number of hydrogen-bond acceptors (Lipinski definition) is 4. The second-order valence-corrected chi connectivity index (χ2v) is 8.24. The normalized spacial score (nSPS) is 13.5. The first-order valence-corrected chi connectivity index (χ1v) is 10.7. The van der Waals surface area contributed by atoms with Gasteiger partial charge < -0.3 is 20.4 Å². The average molecular weight is 429 g/mol. The van der Waals surface area contributed by atoms with Crippen LogP contribution in [0.5, 0.6) is 0 Å². The molecule has 0 bridgehead atoms. The van der Waals surface area contributed by atoms with Crippen molar-refractivity contribution in [1.82, 2.24) is 10.2 Å². The summed E-state index contributed by atoms with van der Waals surface area (Å²) in [7, 11) is 4.03. The molecule has 0 saturated carbocycles. The summed E-state index contributed by atoms with van der Waals surface area (Å²) in [5.41, 5.74) is 2.62. The van der Waals surface area contributed by atoms with Gasteiger partial charge in [-0.1, -0.05) is 11.6 Å². The van der Waals surface area contributed by atoms with Crippen LogP contribution >= 0.6 is 11.6 Å². The lowest BCUT2D eigenvalue weighted by Crippen LogP contribution is -2.29. The Labute approximate surface area is 183 Å². The molecule has 6 nitrogen and oxygen atoms in total. The van der Waals surface area contributed by atoms with E-state index in [1.165, 1.54) is 0 Å². The van der Waals surface area contributed by atoms with Crippen LogP contribution in [0.4, 0.5) is 11.4 Å². The lowest BCUT2D eigenvalue weighted by atomic mass is 10.1. The van der Waals surface area contributed by atoms with E-state index in [0.29, 0.717) is 28.4 Å². The molecule has 1 aliphatic rings. The molecular formula is C23H29ClN4O2. The van der Waals surface area contributed by atoms with Gasteiger partial charge in [0.05, 0.1) is 5.56 Å². The number of hydrogen-bond donors (Lipinski definition) is 2. The van der Waals surface area contributed by atoms with Gasteiger partial charge in [-0.15, -0.1) is 0 Å². The van der Waals surface area contributed by atoms with E-state index in [-0.39, 0.29) is 11.8 Å². The van der Waals surface area contributed by atoms with Crippen molar-refractivity contribution in [3.8, 4) is 0 Å². The predicted octanol–water partition coefficient (Wildman–Crippen LogP) is 3.87. The van der Waals surface area contributed by atoms with Crippen LogP contribution in [0.2, 0.25) is 5.02 Å². The van der Waals surface area contributed by atoms with Crippen molar-refractivity contribution < 1.29 is 9.59 Å². The number of carbonyl (C=O) groups is 2. The fourth-order valence-electron chi connectivity index (χ4n) is 3.53. The zero-order valence-corrected chi connectivity index (χ0v) is 18.3. The summed E-state index contributed by atoms with van der Waals surface area (Å²) in [5, 5.41) is 6.48. The minimum Gasteiger partial charge on any atom is -0.371 e. The zero-order chi connectivity index (χ0) is 21.5. The van der Waals surface area contributed by atoms with Crippen molar-refractivity contribution >= 4 is 34.8 Å². The highest BCUT2D eigenvalue weighted by Gasteiger charge is 2.20. The Morgan fingerprint density at radius 1 is 1.03 bits per heavy atom. The molecule has 160 valence electrons. The van der Waals surface area contributed by atoms with Gasteiger partial charge in [-0.3, -0.25) is 9.59 Å². The molecule has 1 fully saturated rings. The predicted molar refractivity (Wildman–Crippen MR) is 123 cm³/mol. The molecule has 2 N–H and O–H groups in total. The number of carbonyl (C=O) groups excluding carboxylic acids is 2. The Hall–Kier alpha value is -2.57. The molecule has 1 saturated heterocycles. The van der Waals surface area contributed by atoms with Gasteiger partial charge in [0.1, 0.15) is 0 Å². The highest BCUT2D eigenvalue weighted by Crippen LogP contribution is 2.28. The summed E-state index contributed by atoms with van der Waals surface area (Å²) < 4.78 is 0. The van der Waals surface area contributed by atoms with Gasteiger partial charge in [0.15, 0.2) is 0 Å². The average Bonchev–Trinajstić information content (AvgIpc) is 3.26. The van der Waals surface area contributed by atoms with Crippen molar-refractivity contribution in [2.45, 2.75) is 19.3 Å². The van der Waals surface area contributed by atoms with Crippen LogP contribution in [0, 0.1) is 0 Å². The van der Waals surface area contributed by atoms with Crippen molar-refractivity contribution in [3.63, 3.8) is 0 Å². The SMILES string of the molecule is CN(C)CCCNC(=O)c1cc(NC(=O)c2ccc(Cl)cc2)ccc1N1CCCC1. The largest absolute Gasteiger partial charge is 0.371 e. The van der Waals surface area contributed by atoms with Gasteiger partial charge in [0, 0.05) is 41.6 Å². The molecule has 1 aliphatic heterocycles. The zero-order valence-electron chi connectivity index (χ0n) is 17.6. The minimum absolute atomic E-state index is 0.113. The van der Waals surface area contributed by atoms with Gasteiger partial charge in [-0.2, -0.15) is 0 Å². The standard InChI is InChI=1S/C23H29ClN4O2/c1-27(2)13-5-12-25-23(30)20-16-19(10-11-21(20)28-14-3-4-15-28)26-22(29)17-6-8-18(24)9-7-17/h6-11,16H,3-5,12-15H2,1-2H3,(H,25,30)(H,26,29). The van der Waals surface area contributed by atoms with Crippen molar-refractivity contribution in [1.29, 1.82) is 0 Å². The molecule has 2 aromatic rings. The van der Waals surface area contributed by atoms with E-state index in [1.807, 2.05) is 26.2 Å². The van der Waals surface area contributed by atoms with Crippen LogP contribution in [-0.2, 0) is 0 Å². The molecule has 7 heteroatoms. The quantitative estimate of drug-likeness (QED) is 0.626. The maximum Gasteiger partial charge on any atom is 0.255 e. The molecule has 0 spiro atoms. The number of nitrogens with zero attached hydrogens (tertiary/aromatic N) is 2. The Morgan fingerprint density at radius 2 is 1.73 bits per heavy atom. The van der Waals surface area contributed by atoms with Crippen LogP contribution < -0.4 is 15.5 Å². The fraction of sp³-hybridized carbons (Fsp3) is 0.391. The number of halogens is 1. The van der Waals surface area contributed by atoms with E-state index in [4.69, 9.17) is 11.6 Å². The number of benzene rings is 2. The second-order valence-electron chi connectivity index (χ2n) is 7.80. The van der Waals surface area contributed by atoms with E-state index in [0.717, 1.165) is 44.6 Å². The molecule has 30 heavy (non-hydrogen) atoms.